The van der Waals surface area contributed by atoms with Crippen molar-refractivity contribution in [2.24, 2.45) is 0 Å². The Kier molecular flexibility index (Phi) is 4.67. The standard InChI is InChI=1S/C20H18O6/c1-11-16(25-12(2)21)8-6-15-19(22)18(26-20(11)15)10-13-9-14(23-3)5-7-17(13)24-4/h5-10H,1-4H3/b18-10-. The minimum atomic E-state index is -0.436. The molecule has 0 bridgehead atoms. The molecule has 1 aliphatic heterocycles. The first-order valence-corrected chi connectivity index (χ1v) is 7.93. The van der Waals surface area contributed by atoms with E-state index in [4.69, 9.17) is 18.9 Å². The molecular weight excluding hydrogens is 336 g/mol. The Labute approximate surface area is 150 Å². The zero-order chi connectivity index (χ0) is 18.8. The minimum absolute atomic E-state index is 0.162. The number of rotatable bonds is 4. The molecule has 0 radical (unpaired) electrons. The van der Waals surface area contributed by atoms with E-state index in [0.717, 1.165) is 0 Å². The summed E-state index contributed by atoms with van der Waals surface area (Å²) < 4.78 is 21.5. The highest BCUT2D eigenvalue weighted by Gasteiger charge is 2.30. The molecule has 0 unspecified atom stereocenters. The zero-order valence-corrected chi connectivity index (χ0v) is 14.9. The summed E-state index contributed by atoms with van der Waals surface area (Å²) in [6.07, 6.45) is 1.61. The molecule has 6 nitrogen and oxygen atoms in total. The van der Waals surface area contributed by atoms with Crippen molar-refractivity contribution in [1.29, 1.82) is 0 Å². The third-order valence-corrected chi connectivity index (χ3v) is 4.01. The van der Waals surface area contributed by atoms with Gasteiger partial charge in [0.2, 0.25) is 5.78 Å². The zero-order valence-electron chi connectivity index (χ0n) is 14.9. The normalized spacial score (nSPS) is 14.0. The van der Waals surface area contributed by atoms with Crippen molar-refractivity contribution in [2.45, 2.75) is 13.8 Å². The lowest BCUT2D eigenvalue weighted by atomic mass is 10.1. The van der Waals surface area contributed by atoms with Crippen LogP contribution in [-0.4, -0.2) is 26.0 Å². The van der Waals surface area contributed by atoms with Crippen molar-refractivity contribution >= 4 is 17.8 Å². The molecule has 2 aromatic carbocycles. The van der Waals surface area contributed by atoms with Crippen molar-refractivity contribution in [3.63, 3.8) is 0 Å². The smallest absolute Gasteiger partial charge is 0.308 e. The van der Waals surface area contributed by atoms with Gasteiger partial charge in [-0.25, -0.2) is 0 Å². The largest absolute Gasteiger partial charge is 0.497 e. The molecule has 0 amide bonds. The summed E-state index contributed by atoms with van der Waals surface area (Å²) >= 11 is 0. The second-order valence-corrected chi connectivity index (χ2v) is 5.71. The van der Waals surface area contributed by atoms with Crippen LogP contribution in [0.4, 0.5) is 0 Å². The van der Waals surface area contributed by atoms with Gasteiger partial charge in [-0.1, -0.05) is 0 Å². The van der Waals surface area contributed by atoms with Crippen LogP contribution in [0.25, 0.3) is 6.08 Å². The predicted molar refractivity (Wildman–Crippen MR) is 95.0 cm³/mol. The summed E-state index contributed by atoms with van der Waals surface area (Å²) in [5.74, 6) is 1.45. The van der Waals surface area contributed by atoms with E-state index in [0.29, 0.717) is 39.7 Å². The lowest BCUT2D eigenvalue weighted by molar-refractivity contribution is -0.131. The number of allylic oxidation sites excluding steroid dienone is 1. The van der Waals surface area contributed by atoms with Gasteiger partial charge in [-0.05, 0) is 43.3 Å². The maximum Gasteiger partial charge on any atom is 0.308 e. The molecule has 0 saturated heterocycles. The van der Waals surface area contributed by atoms with Gasteiger partial charge in [-0.2, -0.15) is 0 Å². The summed E-state index contributed by atoms with van der Waals surface area (Å²) in [6, 6.07) is 8.45. The van der Waals surface area contributed by atoms with Crippen molar-refractivity contribution < 1.29 is 28.5 Å². The second-order valence-electron chi connectivity index (χ2n) is 5.71. The van der Waals surface area contributed by atoms with E-state index in [-0.39, 0.29) is 11.5 Å². The molecule has 0 aliphatic carbocycles. The summed E-state index contributed by atoms with van der Waals surface area (Å²) in [4.78, 5) is 23.9. The Morgan fingerprint density at radius 3 is 2.46 bits per heavy atom. The molecule has 26 heavy (non-hydrogen) atoms. The topological polar surface area (TPSA) is 71.1 Å². The van der Waals surface area contributed by atoms with Gasteiger partial charge in [0.15, 0.2) is 5.76 Å². The summed E-state index contributed by atoms with van der Waals surface area (Å²) in [5.41, 5.74) is 1.67. The third-order valence-electron chi connectivity index (χ3n) is 4.01. The number of ether oxygens (including phenoxy) is 4. The number of benzene rings is 2. The van der Waals surface area contributed by atoms with Crippen LogP contribution in [0.5, 0.6) is 23.0 Å². The van der Waals surface area contributed by atoms with Crippen LogP contribution in [0.1, 0.15) is 28.4 Å². The molecule has 0 N–H and O–H groups in total. The van der Waals surface area contributed by atoms with Gasteiger partial charge in [-0.3, -0.25) is 9.59 Å². The molecule has 0 atom stereocenters. The van der Waals surface area contributed by atoms with Crippen molar-refractivity contribution in [3.05, 3.63) is 52.8 Å². The highest BCUT2D eigenvalue weighted by molar-refractivity contribution is 6.15. The van der Waals surface area contributed by atoms with E-state index in [2.05, 4.69) is 0 Å². The van der Waals surface area contributed by atoms with Gasteiger partial charge >= 0.3 is 5.97 Å². The number of hydrogen-bond acceptors (Lipinski definition) is 6. The minimum Gasteiger partial charge on any atom is -0.497 e. The molecule has 0 aromatic heterocycles. The van der Waals surface area contributed by atoms with Gasteiger partial charge < -0.3 is 18.9 Å². The fraction of sp³-hybridized carbons (Fsp3) is 0.200. The molecule has 0 saturated carbocycles. The first-order chi connectivity index (χ1) is 12.4. The number of carbonyl (C=O) groups excluding carboxylic acids is 2. The van der Waals surface area contributed by atoms with Crippen LogP contribution < -0.4 is 18.9 Å². The molecular formula is C20H18O6. The average molecular weight is 354 g/mol. The fourth-order valence-corrected chi connectivity index (χ4v) is 2.73. The summed E-state index contributed by atoms with van der Waals surface area (Å²) in [5, 5.41) is 0. The van der Waals surface area contributed by atoms with E-state index < -0.39 is 5.97 Å². The quantitative estimate of drug-likeness (QED) is 0.475. The summed E-state index contributed by atoms with van der Waals surface area (Å²) in [6.45, 7) is 3.05. The molecule has 0 spiro atoms. The number of esters is 1. The van der Waals surface area contributed by atoms with E-state index >= 15 is 0 Å². The monoisotopic (exact) mass is 354 g/mol. The molecule has 2 aromatic rings. The number of carbonyl (C=O) groups is 2. The molecule has 1 aliphatic rings. The number of fused-ring (bicyclic) bond motifs is 1. The lowest BCUT2D eigenvalue weighted by Crippen LogP contribution is -2.03. The van der Waals surface area contributed by atoms with Gasteiger partial charge in [0, 0.05) is 18.1 Å². The maximum atomic E-state index is 12.7. The highest BCUT2D eigenvalue weighted by atomic mass is 16.5. The van der Waals surface area contributed by atoms with Gasteiger partial charge in [0.25, 0.3) is 0 Å². The van der Waals surface area contributed by atoms with E-state index in [1.807, 2.05) is 0 Å². The maximum absolute atomic E-state index is 12.7. The second kappa shape index (κ2) is 6.92. The number of Topliss-reactive ketones (excluding diaryl/α,β-unsaturated/α-hetero) is 1. The first kappa shape index (κ1) is 17.5. The molecule has 1 heterocycles. The SMILES string of the molecule is COc1ccc(OC)c(/C=C2\Oc3c(ccc(OC(C)=O)c3C)C2=O)c1. The van der Waals surface area contributed by atoms with Gasteiger partial charge in [-0.15, -0.1) is 0 Å². The van der Waals surface area contributed by atoms with E-state index in [9.17, 15) is 9.59 Å². The first-order valence-electron chi connectivity index (χ1n) is 7.93. The van der Waals surface area contributed by atoms with Crippen LogP contribution in [0.15, 0.2) is 36.1 Å². The van der Waals surface area contributed by atoms with Crippen molar-refractivity contribution in [2.75, 3.05) is 14.2 Å². The Balaban J connectivity index is 2.01. The lowest BCUT2D eigenvalue weighted by Gasteiger charge is -2.09. The predicted octanol–water partition coefficient (Wildman–Crippen LogP) is 3.55. The number of methoxy groups -OCH3 is 2. The van der Waals surface area contributed by atoms with Crippen LogP contribution in [0, 0.1) is 6.92 Å². The Morgan fingerprint density at radius 1 is 1.08 bits per heavy atom. The molecule has 0 fully saturated rings. The van der Waals surface area contributed by atoms with Crippen LogP contribution in [0.3, 0.4) is 0 Å². The number of ketones is 1. The number of hydrogen-bond donors (Lipinski definition) is 0. The Bertz CT molecular complexity index is 926. The van der Waals surface area contributed by atoms with E-state index in [1.165, 1.54) is 6.92 Å². The van der Waals surface area contributed by atoms with Crippen LogP contribution >= 0.6 is 0 Å². The van der Waals surface area contributed by atoms with Gasteiger partial charge in [0.05, 0.1) is 19.8 Å². The van der Waals surface area contributed by atoms with E-state index in [1.54, 1.807) is 57.6 Å². The summed E-state index contributed by atoms with van der Waals surface area (Å²) in [7, 11) is 3.11. The van der Waals surface area contributed by atoms with Gasteiger partial charge in [0.1, 0.15) is 23.0 Å². The van der Waals surface area contributed by atoms with Crippen LogP contribution in [0.2, 0.25) is 0 Å². The highest BCUT2D eigenvalue weighted by Crippen LogP contribution is 2.40. The Hall–Kier alpha value is -3.28. The van der Waals surface area contributed by atoms with Crippen molar-refractivity contribution in [3.8, 4) is 23.0 Å². The Morgan fingerprint density at radius 2 is 1.81 bits per heavy atom. The fourth-order valence-electron chi connectivity index (χ4n) is 2.73. The molecule has 6 heteroatoms. The average Bonchev–Trinajstić information content (AvgIpc) is 2.94. The van der Waals surface area contributed by atoms with Crippen molar-refractivity contribution in [1.82, 2.24) is 0 Å². The van der Waals surface area contributed by atoms with Crippen LogP contribution in [-0.2, 0) is 4.79 Å². The molecule has 134 valence electrons. The third kappa shape index (κ3) is 3.13. The molecule has 3 rings (SSSR count).